The molecule has 3 aromatic rings. The zero-order valence-corrected chi connectivity index (χ0v) is 10.0. The van der Waals surface area contributed by atoms with Crippen LogP contribution in [0.15, 0.2) is 78.9 Å². The topological polar surface area (TPSA) is 0 Å². The van der Waals surface area contributed by atoms with Gasteiger partial charge in [-0.15, -0.1) is 0 Å². The van der Waals surface area contributed by atoms with Crippen molar-refractivity contribution >= 4 is 0 Å². The second-order valence-corrected chi connectivity index (χ2v) is 4.24. The first-order chi connectivity index (χ1) is 8.93. The van der Waals surface area contributed by atoms with E-state index in [0.717, 1.165) is 0 Å². The normalized spacial score (nSPS) is 10.2. The largest absolute Gasteiger partial charge is 0.0622 e. The van der Waals surface area contributed by atoms with Crippen LogP contribution in [0.25, 0.3) is 22.3 Å². The van der Waals surface area contributed by atoms with Crippen molar-refractivity contribution in [2.75, 3.05) is 0 Å². The highest BCUT2D eigenvalue weighted by atomic mass is 14.0. The molecule has 0 unspecified atom stereocenters. The van der Waals surface area contributed by atoms with Gasteiger partial charge in [-0.2, -0.15) is 0 Å². The van der Waals surface area contributed by atoms with Gasteiger partial charge in [0.25, 0.3) is 0 Å². The van der Waals surface area contributed by atoms with Crippen LogP contribution in [0, 0.1) is 6.07 Å². The summed E-state index contributed by atoms with van der Waals surface area (Å²) in [6, 6.07) is 30.2. The molecule has 0 heteroatoms. The van der Waals surface area contributed by atoms with Crippen LogP contribution in [0.2, 0.25) is 0 Å². The van der Waals surface area contributed by atoms with Gasteiger partial charge < -0.3 is 0 Å². The fraction of sp³-hybridized carbons (Fsp3) is 0. The van der Waals surface area contributed by atoms with Gasteiger partial charge in [0.15, 0.2) is 0 Å². The van der Waals surface area contributed by atoms with Gasteiger partial charge in [0.1, 0.15) is 0 Å². The Balaban J connectivity index is 1.95. The summed E-state index contributed by atoms with van der Waals surface area (Å²) >= 11 is 0. The molecule has 3 aromatic carbocycles. The minimum atomic E-state index is 1.21. The minimum Gasteiger partial charge on any atom is -0.0622 e. The summed E-state index contributed by atoms with van der Waals surface area (Å²) in [7, 11) is 0. The summed E-state index contributed by atoms with van der Waals surface area (Å²) in [6.07, 6.45) is 0. The molecule has 3 rings (SSSR count). The minimum absolute atomic E-state index is 1.21. The summed E-state index contributed by atoms with van der Waals surface area (Å²) in [6.45, 7) is 0. The maximum atomic E-state index is 3.11. The van der Waals surface area contributed by atoms with Gasteiger partial charge in [-0.1, -0.05) is 72.8 Å². The Bertz CT molecular complexity index is 549. The molecule has 0 N–H and O–H groups in total. The van der Waals surface area contributed by atoms with Gasteiger partial charge in [-0.05, 0) is 34.4 Å². The summed E-state index contributed by atoms with van der Waals surface area (Å²) in [5.74, 6) is 0. The van der Waals surface area contributed by atoms with Crippen LogP contribution in [0.1, 0.15) is 0 Å². The molecule has 0 amide bonds. The monoisotopic (exact) mass is 229 g/mol. The van der Waals surface area contributed by atoms with E-state index in [9.17, 15) is 0 Å². The van der Waals surface area contributed by atoms with Crippen LogP contribution in [-0.2, 0) is 0 Å². The summed E-state index contributed by atoms with van der Waals surface area (Å²) in [4.78, 5) is 0. The molecule has 18 heavy (non-hydrogen) atoms. The van der Waals surface area contributed by atoms with Gasteiger partial charge in [0.05, 0.1) is 0 Å². The quantitative estimate of drug-likeness (QED) is 0.591. The van der Waals surface area contributed by atoms with Crippen molar-refractivity contribution in [2.45, 2.75) is 0 Å². The maximum absolute atomic E-state index is 3.11. The van der Waals surface area contributed by atoms with Crippen LogP contribution in [0.5, 0.6) is 0 Å². The molecule has 0 fully saturated rings. The van der Waals surface area contributed by atoms with Crippen molar-refractivity contribution < 1.29 is 0 Å². The first-order valence-corrected chi connectivity index (χ1v) is 6.05. The van der Waals surface area contributed by atoms with Crippen molar-refractivity contribution in [3.8, 4) is 22.3 Å². The molecule has 0 nitrogen and oxygen atoms in total. The van der Waals surface area contributed by atoms with E-state index in [1.54, 1.807) is 0 Å². The lowest BCUT2D eigenvalue weighted by Gasteiger charge is -2.04. The first-order valence-electron chi connectivity index (χ1n) is 6.05. The maximum Gasteiger partial charge on any atom is -0.0178 e. The molecule has 85 valence electrons. The van der Waals surface area contributed by atoms with Gasteiger partial charge in [-0.25, -0.2) is 0 Å². The van der Waals surface area contributed by atoms with Crippen LogP contribution >= 0.6 is 0 Å². The lowest BCUT2D eigenvalue weighted by Crippen LogP contribution is -1.79. The third-order valence-electron chi connectivity index (χ3n) is 3.03. The van der Waals surface area contributed by atoms with E-state index in [2.05, 4.69) is 60.7 Å². The molecule has 0 bridgehead atoms. The number of hydrogen-bond donors (Lipinski definition) is 0. The van der Waals surface area contributed by atoms with Crippen LogP contribution < -0.4 is 0 Å². The lowest BCUT2D eigenvalue weighted by atomic mass is 10.0. The zero-order valence-electron chi connectivity index (χ0n) is 10.0. The molecule has 0 heterocycles. The van der Waals surface area contributed by atoms with Crippen LogP contribution in [0.4, 0.5) is 0 Å². The Labute approximate surface area is 108 Å². The molecule has 0 saturated carbocycles. The van der Waals surface area contributed by atoms with Gasteiger partial charge in [-0.3, -0.25) is 0 Å². The fourth-order valence-electron chi connectivity index (χ4n) is 2.06. The zero-order chi connectivity index (χ0) is 12.2. The second kappa shape index (κ2) is 4.89. The van der Waals surface area contributed by atoms with Crippen molar-refractivity contribution in [3.05, 3.63) is 84.9 Å². The highest BCUT2D eigenvalue weighted by Crippen LogP contribution is 2.24. The SMILES string of the molecule is [c]1cccc(-c2ccc(-c3ccccc3)cc2)c1. The molecule has 0 spiro atoms. The first kappa shape index (κ1) is 10.8. The molecule has 0 aliphatic rings. The van der Waals surface area contributed by atoms with E-state index in [1.807, 2.05) is 24.3 Å². The van der Waals surface area contributed by atoms with Crippen molar-refractivity contribution in [1.29, 1.82) is 0 Å². The average Bonchev–Trinajstić information content (AvgIpc) is 2.49. The Morgan fingerprint density at radius 2 is 1.06 bits per heavy atom. The van der Waals surface area contributed by atoms with Crippen LogP contribution in [-0.4, -0.2) is 0 Å². The van der Waals surface area contributed by atoms with E-state index in [4.69, 9.17) is 0 Å². The molecule has 0 aliphatic carbocycles. The van der Waals surface area contributed by atoms with E-state index in [1.165, 1.54) is 22.3 Å². The van der Waals surface area contributed by atoms with Gasteiger partial charge in [0, 0.05) is 0 Å². The third-order valence-corrected chi connectivity index (χ3v) is 3.03. The lowest BCUT2D eigenvalue weighted by molar-refractivity contribution is 1.59. The molecular formula is C18H13. The summed E-state index contributed by atoms with van der Waals surface area (Å²) in [5.41, 5.74) is 4.94. The Kier molecular flexibility index (Phi) is 2.93. The molecule has 1 radical (unpaired) electrons. The van der Waals surface area contributed by atoms with Crippen LogP contribution in [0.3, 0.4) is 0 Å². The second-order valence-electron chi connectivity index (χ2n) is 4.24. The van der Waals surface area contributed by atoms with E-state index >= 15 is 0 Å². The summed E-state index contributed by atoms with van der Waals surface area (Å²) < 4.78 is 0. The van der Waals surface area contributed by atoms with Gasteiger partial charge in [0.2, 0.25) is 0 Å². The fourth-order valence-corrected chi connectivity index (χ4v) is 2.06. The molecule has 0 aromatic heterocycles. The van der Waals surface area contributed by atoms with E-state index in [-0.39, 0.29) is 0 Å². The van der Waals surface area contributed by atoms with E-state index < -0.39 is 0 Å². The Hall–Kier alpha value is -2.34. The highest BCUT2D eigenvalue weighted by molar-refractivity contribution is 5.70. The van der Waals surface area contributed by atoms with E-state index in [0.29, 0.717) is 0 Å². The standard InChI is InChI=1S/C18H13/c1-3-7-15(8-4-1)17-11-13-18(14-12-17)16-9-5-2-6-10-16/h1-5,7-14H. The van der Waals surface area contributed by atoms with Gasteiger partial charge >= 0.3 is 0 Å². The molecule has 0 saturated heterocycles. The predicted octanol–water partition coefficient (Wildman–Crippen LogP) is 4.82. The number of benzene rings is 3. The highest BCUT2D eigenvalue weighted by Gasteiger charge is 1.98. The molecular weight excluding hydrogens is 216 g/mol. The average molecular weight is 229 g/mol. The molecule has 0 aliphatic heterocycles. The Morgan fingerprint density at radius 3 is 1.67 bits per heavy atom. The third kappa shape index (κ3) is 2.18. The number of rotatable bonds is 2. The predicted molar refractivity (Wildman–Crippen MR) is 76.2 cm³/mol. The summed E-state index contributed by atoms with van der Waals surface area (Å²) in [5, 5.41) is 0. The van der Waals surface area contributed by atoms with Crippen molar-refractivity contribution in [2.24, 2.45) is 0 Å². The van der Waals surface area contributed by atoms with Crippen molar-refractivity contribution in [3.63, 3.8) is 0 Å². The molecule has 0 atom stereocenters. The van der Waals surface area contributed by atoms with Crippen molar-refractivity contribution in [1.82, 2.24) is 0 Å². The Morgan fingerprint density at radius 1 is 0.500 bits per heavy atom. The number of hydrogen-bond acceptors (Lipinski definition) is 0. The smallest absolute Gasteiger partial charge is 0.0178 e.